The van der Waals surface area contributed by atoms with Crippen LogP contribution < -0.4 is 0 Å². The van der Waals surface area contributed by atoms with Gasteiger partial charge >= 0.3 is 0 Å². The smallest absolute Gasteiger partial charge is 0.179 e. The van der Waals surface area contributed by atoms with E-state index in [4.69, 9.17) is 11.6 Å². The van der Waals surface area contributed by atoms with Gasteiger partial charge in [0.1, 0.15) is 10.8 Å². The highest BCUT2D eigenvalue weighted by molar-refractivity contribution is 14.1. The summed E-state index contributed by atoms with van der Waals surface area (Å²) in [5.74, 6) is 1.25. The van der Waals surface area contributed by atoms with E-state index in [0.29, 0.717) is 16.9 Å². The molecule has 1 aliphatic carbocycles. The monoisotopic (exact) mass is 374 g/mol. The molecule has 1 aliphatic rings. The van der Waals surface area contributed by atoms with Crippen molar-refractivity contribution in [3.05, 3.63) is 26.9 Å². The molecule has 0 unspecified atom stereocenters. The molecule has 2 aromatic heterocycles. The molecular formula is C12H12ClIN4. The Morgan fingerprint density at radius 2 is 2.22 bits per heavy atom. The number of aromatic nitrogens is 4. The van der Waals surface area contributed by atoms with Gasteiger partial charge in [-0.25, -0.2) is 15.0 Å². The summed E-state index contributed by atoms with van der Waals surface area (Å²) in [7, 11) is 0. The van der Waals surface area contributed by atoms with E-state index in [2.05, 4.69) is 44.5 Å². The van der Waals surface area contributed by atoms with Gasteiger partial charge in [0.2, 0.25) is 0 Å². The van der Waals surface area contributed by atoms with Gasteiger partial charge in [-0.3, -0.25) is 0 Å². The Hall–Kier alpha value is -0.690. The maximum absolute atomic E-state index is 6.21. The number of imidazole rings is 1. The van der Waals surface area contributed by atoms with Crippen molar-refractivity contribution < 1.29 is 0 Å². The number of aryl methyl sites for hydroxylation is 1. The summed E-state index contributed by atoms with van der Waals surface area (Å²) >= 11 is 8.45. The van der Waals surface area contributed by atoms with Crippen molar-refractivity contribution in [2.24, 2.45) is 0 Å². The minimum Gasteiger partial charge on any atom is -0.328 e. The summed E-state index contributed by atoms with van der Waals surface area (Å²) in [6, 6.07) is 0. The fraction of sp³-hybridized carbons (Fsp3) is 0.417. The lowest BCUT2D eigenvalue weighted by molar-refractivity contribution is 0.762. The van der Waals surface area contributed by atoms with E-state index in [9.17, 15) is 0 Å². The summed E-state index contributed by atoms with van der Waals surface area (Å²) in [5, 5.41) is 0.548. The summed E-state index contributed by atoms with van der Waals surface area (Å²) in [4.78, 5) is 13.2. The van der Waals surface area contributed by atoms with Crippen LogP contribution in [0.5, 0.6) is 0 Å². The number of hydrogen-bond donors (Lipinski definition) is 0. The zero-order valence-electron chi connectivity index (χ0n) is 9.90. The molecule has 6 heteroatoms. The average Bonchev–Trinajstić information content (AvgIpc) is 3.09. The van der Waals surface area contributed by atoms with Gasteiger partial charge in [0.05, 0.1) is 21.8 Å². The molecular weight excluding hydrogens is 363 g/mol. The molecule has 1 saturated carbocycles. The molecule has 18 heavy (non-hydrogen) atoms. The molecule has 4 nitrogen and oxygen atoms in total. The summed E-state index contributed by atoms with van der Waals surface area (Å²) < 4.78 is 3.01. The second kappa shape index (κ2) is 4.77. The first-order valence-electron chi connectivity index (χ1n) is 5.94. The molecule has 2 heterocycles. The lowest BCUT2D eigenvalue weighted by Crippen LogP contribution is -2.03. The Kier molecular flexibility index (Phi) is 3.27. The first-order chi connectivity index (χ1) is 8.70. The molecule has 0 bridgehead atoms. The van der Waals surface area contributed by atoms with Gasteiger partial charge in [0.25, 0.3) is 0 Å². The van der Waals surface area contributed by atoms with E-state index in [1.54, 1.807) is 12.5 Å². The molecule has 0 aromatic carbocycles. The first kappa shape index (κ1) is 12.3. The lowest BCUT2D eigenvalue weighted by Gasteiger charge is -2.08. The topological polar surface area (TPSA) is 43.6 Å². The van der Waals surface area contributed by atoms with Gasteiger partial charge < -0.3 is 4.57 Å². The van der Waals surface area contributed by atoms with E-state index >= 15 is 0 Å². The molecule has 0 radical (unpaired) electrons. The van der Waals surface area contributed by atoms with Crippen molar-refractivity contribution in [2.45, 2.75) is 32.2 Å². The molecule has 0 atom stereocenters. The van der Waals surface area contributed by atoms with Crippen molar-refractivity contribution >= 4 is 34.2 Å². The average molecular weight is 375 g/mol. The normalized spacial score (nSPS) is 15.1. The summed E-state index contributed by atoms with van der Waals surface area (Å²) in [6.07, 6.45) is 5.99. The Balaban J connectivity index is 2.12. The summed E-state index contributed by atoms with van der Waals surface area (Å²) in [6.45, 7) is 2.92. The molecule has 0 amide bonds. The third-order valence-electron chi connectivity index (χ3n) is 3.08. The third-order valence-corrected chi connectivity index (χ3v) is 4.74. The second-order valence-corrected chi connectivity index (χ2v) is 5.81. The van der Waals surface area contributed by atoms with Crippen LogP contribution in [0.4, 0.5) is 0 Å². The Labute approximate surface area is 124 Å². The minimum absolute atomic E-state index is 0.548. The Bertz CT molecular complexity index is 592. The largest absolute Gasteiger partial charge is 0.328 e. The van der Waals surface area contributed by atoms with Crippen LogP contribution in [0.1, 0.15) is 31.4 Å². The van der Waals surface area contributed by atoms with Crippen molar-refractivity contribution in [3.63, 3.8) is 0 Å². The van der Waals surface area contributed by atoms with Gasteiger partial charge in [0.15, 0.2) is 5.82 Å². The summed E-state index contributed by atoms with van der Waals surface area (Å²) in [5.41, 5.74) is 2.02. The van der Waals surface area contributed by atoms with Crippen LogP contribution in [0.2, 0.25) is 5.15 Å². The van der Waals surface area contributed by atoms with Crippen LogP contribution in [0.3, 0.4) is 0 Å². The number of halogens is 2. The molecule has 1 fully saturated rings. The first-order valence-corrected chi connectivity index (χ1v) is 7.39. The fourth-order valence-corrected chi connectivity index (χ4v) is 2.80. The van der Waals surface area contributed by atoms with Gasteiger partial charge in [-0.2, -0.15) is 0 Å². The highest BCUT2D eigenvalue weighted by Crippen LogP contribution is 2.42. The molecule has 94 valence electrons. The highest BCUT2D eigenvalue weighted by Gasteiger charge is 2.29. The van der Waals surface area contributed by atoms with Crippen LogP contribution in [0, 0.1) is 3.57 Å². The van der Waals surface area contributed by atoms with Crippen LogP contribution in [-0.2, 0) is 6.54 Å². The van der Waals surface area contributed by atoms with Crippen molar-refractivity contribution in [2.75, 3.05) is 0 Å². The van der Waals surface area contributed by atoms with Gasteiger partial charge in [-0.15, -0.1) is 0 Å². The number of rotatable bonds is 3. The van der Waals surface area contributed by atoms with Crippen LogP contribution in [0.25, 0.3) is 11.5 Å². The predicted octanol–water partition coefficient (Wildman–Crippen LogP) is 3.50. The van der Waals surface area contributed by atoms with Crippen LogP contribution >= 0.6 is 34.2 Å². The van der Waals surface area contributed by atoms with Gasteiger partial charge in [-0.1, -0.05) is 11.6 Å². The third kappa shape index (κ3) is 2.14. The predicted molar refractivity (Wildman–Crippen MR) is 78.6 cm³/mol. The van der Waals surface area contributed by atoms with E-state index in [-0.39, 0.29) is 0 Å². The number of hydrogen-bond acceptors (Lipinski definition) is 3. The SMILES string of the molecule is CCn1cncc1-c1nc(Cl)c(I)c(C2CC2)n1. The van der Waals surface area contributed by atoms with Crippen LogP contribution in [-0.4, -0.2) is 19.5 Å². The molecule has 0 saturated heterocycles. The standard InChI is InChI=1S/C12H12ClIN4/c1-2-18-6-15-5-8(18)12-16-10(7-3-4-7)9(14)11(13)17-12/h5-7H,2-4H2,1H3. The van der Waals surface area contributed by atoms with Crippen molar-refractivity contribution in [3.8, 4) is 11.5 Å². The second-order valence-electron chi connectivity index (χ2n) is 4.38. The van der Waals surface area contributed by atoms with E-state index < -0.39 is 0 Å². The van der Waals surface area contributed by atoms with Crippen molar-refractivity contribution in [1.29, 1.82) is 0 Å². The van der Waals surface area contributed by atoms with Gasteiger partial charge in [0, 0.05) is 12.5 Å². The molecule has 0 spiro atoms. The van der Waals surface area contributed by atoms with E-state index in [1.165, 1.54) is 12.8 Å². The highest BCUT2D eigenvalue weighted by atomic mass is 127. The zero-order chi connectivity index (χ0) is 12.7. The lowest BCUT2D eigenvalue weighted by atomic mass is 10.2. The quantitative estimate of drug-likeness (QED) is 0.610. The Morgan fingerprint density at radius 3 is 2.89 bits per heavy atom. The molecule has 0 aliphatic heterocycles. The maximum Gasteiger partial charge on any atom is 0.179 e. The van der Waals surface area contributed by atoms with E-state index in [1.807, 2.05) is 4.57 Å². The van der Waals surface area contributed by atoms with Crippen LogP contribution in [0.15, 0.2) is 12.5 Å². The Morgan fingerprint density at radius 1 is 1.44 bits per heavy atom. The molecule has 2 aromatic rings. The van der Waals surface area contributed by atoms with Crippen molar-refractivity contribution in [1.82, 2.24) is 19.5 Å². The molecule has 3 rings (SSSR count). The minimum atomic E-state index is 0.548. The zero-order valence-corrected chi connectivity index (χ0v) is 12.8. The molecule has 0 N–H and O–H groups in total. The fourth-order valence-electron chi connectivity index (χ4n) is 1.94. The van der Waals surface area contributed by atoms with Gasteiger partial charge in [-0.05, 0) is 42.4 Å². The maximum atomic E-state index is 6.21. The van der Waals surface area contributed by atoms with E-state index in [0.717, 1.165) is 21.5 Å². The number of nitrogens with zero attached hydrogens (tertiary/aromatic N) is 4.